The average Bonchev–Trinajstić information content (AvgIpc) is 3.07. The molecule has 1 saturated heterocycles. The number of aromatic nitrogens is 3. The van der Waals surface area contributed by atoms with Crippen LogP contribution in [0.2, 0.25) is 0 Å². The number of piperidine rings is 1. The van der Waals surface area contributed by atoms with Gasteiger partial charge in [0.15, 0.2) is 0 Å². The predicted octanol–water partition coefficient (Wildman–Crippen LogP) is 1.73. The van der Waals surface area contributed by atoms with E-state index in [1.54, 1.807) is 11.0 Å². The molecule has 1 atom stereocenters. The van der Waals surface area contributed by atoms with Gasteiger partial charge in [-0.15, -0.1) is 5.10 Å². The van der Waals surface area contributed by atoms with Crippen molar-refractivity contribution in [3.63, 3.8) is 0 Å². The highest BCUT2D eigenvalue weighted by molar-refractivity contribution is 5.88. The van der Waals surface area contributed by atoms with E-state index in [1.807, 2.05) is 18.2 Å². The van der Waals surface area contributed by atoms with Crippen LogP contribution in [-0.2, 0) is 0 Å². The van der Waals surface area contributed by atoms with Gasteiger partial charge in [0.1, 0.15) is 6.33 Å². The van der Waals surface area contributed by atoms with Gasteiger partial charge in [-0.25, -0.2) is 9.67 Å². The quantitative estimate of drug-likeness (QED) is 0.912. The summed E-state index contributed by atoms with van der Waals surface area (Å²) in [6.07, 6.45) is 8.09. The Morgan fingerprint density at radius 1 is 1.35 bits per heavy atom. The van der Waals surface area contributed by atoms with Crippen LogP contribution in [0.4, 0.5) is 0 Å². The highest BCUT2D eigenvalue weighted by atomic mass is 16.1. The van der Waals surface area contributed by atoms with Gasteiger partial charge in [0, 0.05) is 13.1 Å². The molecule has 2 aromatic rings. The Bertz CT molecular complexity index is 679. The molecule has 1 aromatic heterocycles. The fourth-order valence-corrected chi connectivity index (χ4v) is 2.88. The number of nitrogens with zero attached hydrogens (tertiary/aromatic N) is 4. The van der Waals surface area contributed by atoms with Crippen molar-refractivity contribution in [3.05, 3.63) is 54.1 Å². The maximum Gasteiger partial charge on any atom is 0.288 e. The summed E-state index contributed by atoms with van der Waals surface area (Å²) in [6.45, 7) is 2.89. The highest BCUT2D eigenvalue weighted by Gasteiger charge is 2.22. The van der Waals surface area contributed by atoms with E-state index in [0.717, 1.165) is 32.5 Å². The third kappa shape index (κ3) is 4.04. The number of benzene rings is 1. The molecule has 120 valence electrons. The zero-order chi connectivity index (χ0) is 16.1. The zero-order valence-corrected chi connectivity index (χ0v) is 13.0. The molecule has 1 aromatic carbocycles. The van der Waals surface area contributed by atoms with Gasteiger partial charge in [0.2, 0.25) is 5.82 Å². The van der Waals surface area contributed by atoms with E-state index in [-0.39, 0.29) is 11.9 Å². The van der Waals surface area contributed by atoms with Gasteiger partial charge >= 0.3 is 0 Å². The summed E-state index contributed by atoms with van der Waals surface area (Å²) in [5.41, 5.74) is 6.42. The molecule has 1 aliphatic rings. The summed E-state index contributed by atoms with van der Waals surface area (Å²) in [7, 11) is 0. The number of hydrogen-bond acceptors (Lipinski definition) is 4. The van der Waals surface area contributed by atoms with Crippen LogP contribution in [0.5, 0.6) is 0 Å². The predicted molar refractivity (Wildman–Crippen MR) is 88.7 cm³/mol. The highest BCUT2D eigenvalue weighted by Crippen LogP contribution is 2.20. The van der Waals surface area contributed by atoms with Crippen molar-refractivity contribution in [3.8, 4) is 0 Å². The molecule has 2 heterocycles. The Balaban J connectivity index is 1.57. The maximum atomic E-state index is 11.1. The number of carbonyl (C=O) groups is 1. The van der Waals surface area contributed by atoms with E-state index in [1.165, 1.54) is 5.56 Å². The molecule has 0 spiro atoms. The number of likely N-dealkylation sites (tertiary alicyclic amines) is 1. The monoisotopic (exact) mass is 311 g/mol. The number of carbonyl (C=O) groups excluding carboxylic acids is 1. The summed E-state index contributed by atoms with van der Waals surface area (Å²) in [5, 5.41) is 4.18. The number of amides is 1. The number of rotatable bonds is 5. The van der Waals surface area contributed by atoms with E-state index in [4.69, 9.17) is 5.73 Å². The first-order valence-corrected chi connectivity index (χ1v) is 7.87. The van der Waals surface area contributed by atoms with E-state index < -0.39 is 5.91 Å². The number of hydrogen-bond donors (Lipinski definition) is 1. The molecular weight excluding hydrogens is 290 g/mol. The SMILES string of the molecule is NC(=O)c1ncn(C2CCCN(C/C=C/c3ccccc3)C2)n1. The topological polar surface area (TPSA) is 77.0 Å². The molecule has 1 aliphatic heterocycles. The molecule has 0 bridgehead atoms. The van der Waals surface area contributed by atoms with Crippen LogP contribution in [-0.4, -0.2) is 45.2 Å². The van der Waals surface area contributed by atoms with E-state index in [9.17, 15) is 4.79 Å². The molecule has 1 unspecified atom stereocenters. The summed E-state index contributed by atoms with van der Waals surface area (Å²) in [5.74, 6) is -0.492. The zero-order valence-electron chi connectivity index (χ0n) is 13.0. The molecule has 0 radical (unpaired) electrons. The summed E-state index contributed by atoms with van der Waals surface area (Å²) < 4.78 is 1.77. The summed E-state index contributed by atoms with van der Waals surface area (Å²) >= 11 is 0. The Kier molecular flexibility index (Phi) is 4.83. The van der Waals surface area contributed by atoms with E-state index in [0.29, 0.717) is 0 Å². The van der Waals surface area contributed by atoms with Crippen molar-refractivity contribution in [2.45, 2.75) is 18.9 Å². The van der Waals surface area contributed by atoms with Gasteiger partial charge in [-0.1, -0.05) is 42.5 Å². The van der Waals surface area contributed by atoms with Gasteiger partial charge in [0.05, 0.1) is 6.04 Å². The first-order chi connectivity index (χ1) is 11.2. The van der Waals surface area contributed by atoms with Crippen molar-refractivity contribution in [1.82, 2.24) is 19.7 Å². The molecule has 0 aliphatic carbocycles. The van der Waals surface area contributed by atoms with Gasteiger partial charge in [-0.2, -0.15) is 0 Å². The number of primary amides is 1. The Morgan fingerprint density at radius 2 is 2.17 bits per heavy atom. The molecule has 3 rings (SSSR count). The molecule has 1 amide bonds. The van der Waals surface area contributed by atoms with Crippen LogP contribution in [0.15, 0.2) is 42.7 Å². The molecule has 23 heavy (non-hydrogen) atoms. The normalized spacial score (nSPS) is 19.2. The molecular formula is C17H21N5O. The van der Waals surface area contributed by atoms with Gasteiger partial charge in [-0.05, 0) is 24.9 Å². The minimum absolute atomic E-state index is 0.0890. The average molecular weight is 311 g/mol. The lowest BCUT2D eigenvalue weighted by Gasteiger charge is -2.31. The standard InChI is InChI=1S/C17H21N5O/c18-16(23)17-19-13-22(20-17)15-9-5-11-21(12-15)10-4-8-14-6-2-1-3-7-14/h1-4,6-8,13,15H,5,9-12H2,(H2,18,23)/b8-4+. The van der Waals surface area contributed by atoms with Crippen molar-refractivity contribution in [2.75, 3.05) is 19.6 Å². The second-order valence-electron chi connectivity index (χ2n) is 5.78. The lowest BCUT2D eigenvalue weighted by Crippen LogP contribution is -2.36. The van der Waals surface area contributed by atoms with Crippen molar-refractivity contribution < 1.29 is 4.79 Å². The third-order valence-corrected chi connectivity index (χ3v) is 4.06. The second-order valence-corrected chi connectivity index (χ2v) is 5.78. The van der Waals surface area contributed by atoms with Gasteiger partial charge in [-0.3, -0.25) is 9.69 Å². The minimum atomic E-state index is -0.581. The van der Waals surface area contributed by atoms with Crippen molar-refractivity contribution in [1.29, 1.82) is 0 Å². The van der Waals surface area contributed by atoms with Crippen LogP contribution in [0.1, 0.15) is 35.1 Å². The fraction of sp³-hybridized carbons (Fsp3) is 0.353. The van der Waals surface area contributed by atoms with Crippen LogP contribution >= 0.6 is 0 Å². The van der Waals surface area contributed by atoms with Crippen molar-refractivity contribution in [2.24, 2.45) is 5.73 Å². The lowest BCUT2D eigenvalue weighted by atomic mass is 10.1. The Hall–Kier alpha value is -2.47. The first kappa shape index (κ1) is 15.4. The minimum Gasteiger partial charge on any atom is -0.363 e. The van der Waals surface area contributed by atoms with Crippen LogP contribution in [0, 0.1) is 0 Å². The fourth-order valence-electron chi connectivity index (χ4n) is 2.88. The third-order valence-electron chi connectivity index (χ3n) is 4.06. The lowest BCUT2D eigenvalue weighted by molar-refractivity contribution is 0.0989. The molecule has 2 N–H and O–H groups in total. The smallest absolute Gasteiger partial charge is 0.288 e. The van der Waals surface area contributed by atoms with E-state index in [2.05, 4.69) is 39.3 Å². The van der Waals surface area contributed by atoms with Crippen LogP contribution in [0.3, 0.4) is 0 Å². The molecule has 1 fully saturated rings. The van der Waals surface area contributed by atoms with Crippen LogP contribution < -0.4 is 5.73 Å². The van der Waals surface area contributed by atoms with Gasteiger partial charge in [0.25, 0.3) is 5.91 Å². The first-order valence-electron chi connectivity index (χ1n) is 7.87. The van der Waals surface area contributed by atoms with Crippen molar-refractivity contribution >= 4 is 12.0 Å². The van der Waals surface area contributed by atoms with Crippen LogP contribution in [0.25, 0.3) is 6.08 Å². The number of nitrogens with two attached hydrogens (primary N) is 1. The maximum absolute atomic E-state index is 11.1. The summed E-state index contributed by atoms with van der Waals surface area (Å²) in [4.78, 5) is 17.5. The summed E-state index contributed by atoms with van der Waals surface area (Å²) in [6, 6.07) is 10.5. The molecule has 6 heteroatoms. The second kappa shape index (κ2) is 7.19. The molecule has 6 nitrogen and oxygen atoms in total. The van der Waals surface area contributed by atoms with Gasteiger partial charge < -0.3 is 5.73 Å². The Labute approximate surface area is 135 Å². The van der Waals surface area contributed by atoms with E-state index >= 15 is 0 Å². The molecule has 0 saturated carbocycles. The Morgan fingerprint density at radius 3 is 2.91 bits per heavy atom. The largest absolute Gasteiger partial charge is 0.363 e.